The van der Waals surface area contributed by atoms with Crippen molar-refractivity contribution in [3.05, 3.63) is 84.7 Å². The van der Waals surface area contributed by atoms with Gasteiger partial charge in [0.1, 0.15) is 5.65 Å². The molecule has 0 amide bonds. The zero-order valence-corrected chi connectivity index (χ0v) is 14.4. The summed E-state index contributed by atoms with van der Waals surface area (Å²) in [7, 11) is 0. The van der Waals surface area contributed by atoms with E-state index in [0.717, 1.165) is 33.6 Å². The van der Waals surface area contributed by atoms with E-state index in [1.165, 1.54) is 0 Å². The largest absolute Gasteiger partial charge is 0.323 e. The van der Waals surface area contributed by atoms with Crippen LogP contribution < -0.4 is 5.43 Å². The summed E-state index contributed by atoms with van der Waals surface area (Å²) in [6.45, 7) is 0. The molecule has 0 fully saturated rings. The number of imidazole rings is 2. The first kappa shape index (κ1) is 15.3. The normalized spacial score (nSPS) is 11.6. The molecule has 6 heteroatoms. The molecule has 0 spiro atoms. The molecule has 0 aliphatic carbocycles. The fraction of sp³-hybridized carbons (Fsp3) is 0. The summed E-state index contributed by atoms with van der Waals surface area (Å²) < 4.78 is 2.02. The van der Waals surface area contributed by atoms with Crippen molar-refractivity contribution in [2.45, 2.75) is 0 Å². The number of aromatic nitrogens is 4. The molecule has 3 aromatic heterocycles. The van der Waals surface area contributed by atoms with Crippen LogP contribution in [0, 0.1) is 0 Å². The third kappa shape index (κ3) is 2.83. The molecule has 27 heavy (non-hydrogen) atoms. The van der Waals surface area contributed by atoms with Crippen LogP contribution in [0.1, 0.15) is 5.69 Å². The van der Waals surface area contributed by atoms with Gasteiger partial charge in [-0.2, -0.15) is 5.10 Å². The Kier molecular flexibility index (Phi) is 3.65. The molecule has 130 valence electrons. The Balaban J connectivity index is 1.52. The van der Waals surface area contributed by atoms with Crippen molar-refractivity contribution in [1.29, 1.82) is 0 Å². The Morgan fingerprint density at radius 3 is 2.59 bits per heavy atom. The number of nitrogens with one attached hydrogen (secondary N) is 2. The average Bonchev–Trinajstić information content (AvgIpc) is 3.30. The van der Waals surface area contributed by atoms with Crippen molar-refractivity contribution in [3.63, 3.8) is 0 Å². The molecule has 2 aromatic carbocycles. The van der Waals surface area contributed by atoms with E-state index < -0.39 is 0 Å². The second kappa shape index (κ2) is 6.42. The minimum absolute atomic E-state index is 0.600. The Labute approximate surface area is 155 Å². The number of hydrazone groups is 1. The molecule has 0 saturated carbocycles. The third-order valence-electron chi connectivity index (χ3n) is 4.36. The Morgan fingerprint density at radius 1 is 0.889 bits per heavy atom. The van der Waals surface area contributed by atoms with E-state index in [1.54, 1.807) is 6.21 Å². The molecular formula is C21H16N6. The monoisotopic (exact) mass is 352 g/mol. The fourth-order valence-corrected chi connectivity index (χ4v) is 3.11. The topological polar surface area (TPSA) is 70.4 Å². The molecule has 0 aliphatic heterocycles. The zero-order chi connectivity index (χ0) is 18.1. The van der Waals surface area contributed by atoms with Gasteiger partial charge < -0.3 is 4.98 Å². The predicted molar refractivity (Wildman–Crippen MR) is 108 cm³/mol. The highest BCUT2D eigenvalue weighted by Gasteiger charge is 2.12. The smallest absolute Gasteiger partial charge is 0.222 e. The number of aromatic amines is 1. The maximum atomic E-state index is 4.76. The SMILES string of the molecule is C(=N\Nc1nc2ccccc2[nH]1)/c1c(-c2ccccc2)nc2ccccn12. The highest BCUT2D eigenvalue weighted by atomic mass is 15.4. The van der Waals surface area contributed by atoms with E-state index in [9.17, 15) is 0 Å². The van der Waals surface area contributed by atoms with Gasteiger partial charge in [0.2, 0.25) is 5.95 Å². The van der Waals surface area contributed by atoms with Gasteiger partial charge in [-0.05, 0) is 24.3 Å². The molecule has 0 atom stereocenters. The van der Waals surface area contributed by atoms with Crippen LogP contribution in [0.15, 0.2) is 84.1 Å². The second-order valence-electron chi connectivity index (χ2n) is 6.11. The number of pyridine rings is 1. The number of benzene rings is 2. The molecule has 5 aromatic rings. The van der Waals surface area contributed by atoms with Crippen LogP contribution in [0.2, 0.25) is 0 Å². The van der Waals surface area contributed by atoms with Crippen LogP contribution in [0.25, 0.3) is 27.9 Å². The highest BCUT2D eigenvalue weighted by Crippen LogP contribution is 2.23. The molecule has 3 heterocycles. The highest BCUT2D eigenvalue weighted by molar-refractivity contribution is 5.89. The molecule has 0 bridgehead atoms. The molecule has 5 rings (SSSR count). The number of anilines is 1. The van der Waals surface area contributed by atoms with Gasteiger partial charge in [-0.3, -0.25) is 4.40 Å². The number of para-hydroxylation sites is 2. The van der Waals surface area contributed by atoms with Crippen LogP contribution >= 0.6 is 0 Å². The molecular weight excluding hydrogens is 336 g/mol. The maximum absolute atomic E-state index is 4.76. The van der Waals surface area contributed by atoms with Crippen LogP contribution in [0.3, 0.4) is 0 Å². The first-order valence-corrected chi connectivity index (χ1v) is 8.65. The second-order valence-corrected chi connectivity index (χ2v) is 6.11. The summed E-state index contributed by atoms with van der Waals surface area (Å²) in [4.78, 5) is 12.4. The minimum Gasteiger partial charge on any atom is -0.323 e. The number of fused-ring (bicyclic) bond motifs is 2. The maximum Gasteiger partial charge on any atom is 0.222 e. The summed E-state index contributed by atoms with van der Waals surface area (Å²) in [5.74, 6) is 0.600. The summed E-state index contributed by atoms with van der Waals surface area (Å²) in [6, 6.07) is 23.9. The van der Waals surface area contributed by atoms with E-state index in [2.05, 4.69) is 20.5 Å². The van der Waals surface area contributed by atoms with Gasteiger partial charge in [-0.15, -0.1) is 0 Å². The van der Waals surface area contributed by atoms with Gasteiger partial charge in [0.15, 0.2) is 0 Å². The lowest BCUT2D eigenvalue weighted by molar-refractivity contribution is 1.16. The van der Waals surface area contributed by atoms with Crippen molar-refractivity contribution in [2.24, 2.45) is 5.10 Å². The standard InChI is InChI=1S/C21H16N6/c1-2-8-15(9-3-1)20-18(27-13-7-6-12-19(27)25-20)14-22-26-21-23-16-10-4-5-11-17(16)24-21/h1-14H,(H2,23,24,26)/b22-14+. The molecule has 0 saturated heterocycles. The van der Waals surface area contributed by atoms with Crippen LogP contribution in [-0.2, 0) is 0 Å². The van der Waals surface area contributed by atoms with E-state index in [1.807, 2.05) is 83.4 Å². The van der Waals surface area contributed by atoms with E-state index in [4.69, 9.17) is 4.98 Å². The number of nitrogens with zero attached hydrogens (tertiary/aromatic N) is 4. The van der Waals surface area contributed by atoms with Crippen molar-refractivity contribution < 1.29 is 0 Å². The Morgan fingerprint density at radius 2 is 1.70 bits per heavy atom. The van der Waals surface area contributed by atoms with Crippen molar-refractivity contribution >= 4 is 28.8 Å². The third-order valence-corrected chi connectivity index (χ3v) is 4.36. The van der Waals surface area contributed by atoms with Gasteiger partial charge in [0, 0.05) is 11.8 Å². The summed E-state index contributed by atoms with van der Waals surface area (Å²) in [5.41, 5.74) is 8.56. The lowest BCUT2D eigenvalue weighted by Gasteiger charge is -2.00. The van der Waals surface area contributed by atoms with Crippen LogP contribution in [0.4, 0.5) is 5.95 Å². The molecule has 6 nitrogen and oxygen atoms in total. The van der Waals surface area contributed by atoms with E-state index in [0.29, 0.717) is 5.95 Å². The predicted octanol–water partition coefficient (Wildman–Crippen LogP) is 4.32. The lowest BCUT2D eigenvalue weighted by atomic mass is 10.1. The number of hydrogen-bond donors (Lipinski definition) is 2. The number of rotatable bonds is 4. The average molecular weight is 352 g/mol. The van der Waals surface area contributed by atoms with Gasteiger partial charge in [0.05, 0.1) is 28.6 Å². The van der Waals surface area contributed by atoms with Crippen LogP contribution in [-0.4, -0.2) is 25.6 Å². The van der Waals surface area contributed by atoms with Gasteiger partial charge in [-0.25, -0.2) is 15.4 Å². The summed E-state index contributed by atoms with van der Waals surface area (Å²) in [5, 5.41) is 4.39. The van der Waals surface area contributed by atoms with Crippen molar-refractivity contribution in [1.82, 2.24) is 19.4 Å². The van der Waals surface area contributed by atoms with Crippen molar-refractivity contribution in [3.8, 4) is 11.3 Å². The Bertz CT molecular complexity index is 1220. The van der Waals surface area contributed by atoms with Crippen molar-refractivity contribution in [2.75, 3.05) is 5.43 Å². The van der Waals surface area contributed by atoms with E-state index in [-0.39, 0.29) is 0 Å². The fourth-order valence-electron chi connectivity index (χ4n) is 3.11. The first-order chi connectivity index (χ1) is 13.4. The molecule has 0 radical (unpaired) electrons. The zero-order valence-electron chi connectivity index (χ0n) is 14.4. The molecule has 0 aliphatic rings. The Hall–Kier alpha value is -3.93. The minimum atomic E-state index is 0.600. The van der Waals surface area contributed by atoms with Gasteiger partial charge >= 0.3 is 0 Å². The summed E-state index contributed by atoms with van der Waals surface area (Å²) in [6.07, 6.45) is 3.76. The number of H-pyrrole nitrogens is 1. The lowest BCUT2D eigenvalue weighted by Crippen LogP contribution is -1.97. The van der Waals surface area contributed by atoms with Crippen LogP contribution in [0.5, 0.6) is 0 Å². The quantitative estimate of drug-likeness (QED) is 0.374. The van der Waals surface area contributed by atoms with Gasteiger partial charge in [0.25, 0.3) is 0 Å². The molecule has 0 unspecified atom stereocenters. The summed E-state index contributed by atoms with van der Waals surface area (Å²) >= 11 is 0. The molecule has 2 N–H and O–H groups in total. The first-order valence-electron chi connectivity index (χ1n) is 8.65. The van der Waals surface area contributed by atoms with E-state index >= 15 is 0 Å². The van der Waals surface area contributed by atoms with Gasteiger partial charge in [-0.1, -0.05) is 48.5 Å². The number of hydrogen-bond acceptors (Lipinski definition) is 4.